The van der Waals surface area contributed by atoms with Crippen molar-refractivity contribution < 1.29 is 5.11 Å². The van der Waals surface area contributed by atoms with Crippen molar-refractivity contribution in [3.05, 3.63) is 18.5 Å². The van der Waals surface area contributed by atoms with E-state index in [9.17, 15) is 5.11 Å². The topological polar surface area (TPSA) is 50.1 Å². The summed E-state index contributed by atoms with van der Waals surface area (Å²) in [4.78, 5) is 0. The molecule has 92 valence electrons. The molecule has 0 aromatic carbocycles. The molecule has 0 aliphatic carbocycles. The van der Waals surface area contributed by atoms with Crippen LogP contribution in [0.15, 0.2) is 18.5 Å². The molecule has 0 amide bonds. The van der Waals surface area contributed by atoms with Crippen LogP contribution in [0.4, 0.5) is 0 Å². The lowest BCUT2D eigenvalue weighted by molar-refractivity contribution is 0.0143. The highest BCUT2D eigenvalue weighted by Gasteiger charge is 2.23. The molecule has 1 heterocycles. The third-order valence-corrected chi connectivity index (χ3v) is 3.03. The molecule has 0 fully saturated rings. The zero-order valence-electron chi connectivity index (χ0n) is 10.5. The van der Waals surface area contributed by atoms with E-state index in [1.54, 1.807) is 6.20 Å². The predicted molar refractivity (Wildman–Crippen MR) is 65.2 cm³/mol. The minimum atomic E-state index is -0.619. The summed E-state index contributed by atoms with van der Waals surface area (Å²) in [5.41, 5.74) is -0.619. The lowest BCUT2D eigenvalue weighted by atomic mass is 9.92. The first-order valence-corrected chi connectivity index (χ1v) is 5.93. The number of hydrogen-bond acceptors (Lipinski definition) is 3. The summed E-state index contributed by atoms with van der Waals surface area (Å²) in [6.45, 7) is 8.41. The van der Waals surface area contributed by atoms with E-state index in [4.69, 9.17) is 0 Å². The molecule has 0 spiro atoms. The Morgan fingerprint density at radius 1 is 1.50 bits per heavy atom. The van der Waals surface area contributed by atoms with Crippen LogP contribution in [-0.4, -0.2) is 33.6 Å². The number of nitrogens with one attached hydrogen (secondary N) is 1. The van der Waals surface area contributed by atoms with Gasteiger partial charge < -0.3 is 10.4 Å². The molecule has 1 unspecified atom stereocenters. The van der Waals surface area contributed by atoms with Gasteiger partial charge in [-0.1, -0.05) is 13.8 Å². The zero-order chi connectivity index (χ0) is 12.0. The highest BCUT2D eigenvalue weighted by Crippen LogP contribution is 2.14. The maximum Gasteiger partial charge on any atom is 0.0766 e. The van der Waals surface area contributed by atoms with Crippen LogP contribution in [0.1, 0.15) is 27.2 Å². The maximum atomic E-state index is 9.99. The normalized spacial score (nSPS) is 15.3. The molecule has 0 bridgehead atoms. The molecule has 1 rings (SSSR count). The fourth-order valence-electron chi connectivity index (χ4n) is 1.34. The molecule has 1 atom stereocenters. The highest BCUT2D eigenvalue weighted by molar-refractivity contribution is 4.79. The molecule has 16 heavy (non-hydrogen) atoms. The summed E-state index contributed by atoms with van der Waals surface area (Å²) >= 11 is 0. The van der Waals surface area contributed by atoms with Gasteiger partial charge in [0.15, 0.2) is 0 Å². The van der Waals surface area contributed by atoms with E-state index in [-0.39, 0.29) is 5.92 Å². The van der Waals surface area contributed by atoms with E-state index in [2.05, 4.69) is 10.4 Å². The van der Waals surface area contributed by atoms with Crippen molar-refractivity contribution in [1.82, 2.24) is 15.1 Å². The molecular weight excluding hydrogens is 202 g/mol. The number of aromatic nitrogens is 2. The second-order valence-corrected chi connectivity index (χ2v) is 4.81. The van der Waals surface area contributed by atoms with Gasteiger partial charge >= 0.3 is 0 Å². The molecule has 1 aromatic rings. The van der Waals surface area contributed by atoms with E-state index in [1.165, 1.54) is 0 Å². The van der Waals surface area contributed by atoms with Crippen LogP contribution in [0.5, 0.6) is 0 Å². The number of aliphatic hydroxyl groups is 1. The van der Waals surface area contributed by atoms with Gasteiger partial charge in [0.2, 0.25) is 0 Å². The van der Waals surface area contributed by atoms with Gasteiger partial charge in [-0.2, -0.15) is 5.10 Å². The Kier molecular flexibility index (Phi) is 4.96. The lowest BCUT2D eigenvalue weighted by Gasteiger charge is -2.27. The molecule has 0 saturated heterocycles. The number of rotatable bonds is 7. The average Bonchev–Trinajstić information content (AvgIpc) is 2.69. The molecule has 2 N–H and O–H groups in total. The Morgan fingerprint density at radius 3 is 2.81 bits per heavy atom. The Labute approximate surface area is 97.7 Å². The van der Waals surface area contributed by atoms with Crippen LogP contribution < -0.4 is 5.32 Å². The molecule has 0 aliphatic rings. The van der Waals surface area contributed by atoms with E-state index in [0.717, 1.165) is 19.5 Å². The summed E-state index contributed by atoms with van der Waals surface area (Å²) in [5.74, 6) is 0.270. The summed E-state index contributed by atoms with van der Waals surface area (Å²) in [6, 6.07) is 1.93. The molecule has 4 heteroatoms. The Morgan fingerprint density at radius 2 is 2.25 bits per heavy atom. The first-order valence-electron chi connectivity index (χ1n) is 5.93. The van der Waals surface area contributed by atoms with Crippen LogP contribution >= 0.6 is 0 Å². The third kappa shape index (κ3) is 4.33. The second kappa shape index (κ2) is 6.01. The number of nitrogens with zero attached hydrogens (tertiary/aromatic N) is 2. The van der Waals surface area contributed by atoms with Crippen LogP contribution in [0.3, 0.4) is 0 Å². The zero-order valence-corrected chi connectivity index (χ0v) is 10.5. The summed E-state index contributed by atoms with van der Waals surface area (Å²) < 4.78 is 1.92. The van der Waals surface area contributed by atoms with Crippen molar-refractivity contribution >= 4 is 0 Å². The number of hydrogen-bond donors (Lipinski definition) is 2. The van der Waals surface area contributed by atoms with E-state index < -0.39 is 5.60 Å². The minimum absolute atomic E-state index is 0.270. The largest absolute Gasteiger partial charge is 0.389 e. The Hall–Kier alpha value is -0.870. The van der Waals surface area contributed by atoms with Crippen molar-refractivity contribution in [2.75, 3.05) is 13.1 Å². The molecule has 0 aliphatic heterocycles. The van der Waals surface area contributed by atoms with Crippen molar-refractivity contribution in [3.63, 3.8) is 0 Å². The molecule has 0 radical (unpaired) electrons. The van der Waals surface area contributed by atoms with Crippen LogP contribution in [-0.2, 0) is 6.54 Å². The van der Waals surface area contributed by atoms with E-state index >= 15 is 0 Å². The van der Waals surface area contributed by atoms with Crippen molar-refractivity contribution in [3.8, 4) is 0 Å². The van der Waals surface area contributed by atoms with Crippen molar-refractivity contribution in [1.29, 1.82) is 0 Å². The summed E-state index contributed by atoms with van der Waals surface area (Å²) in [7, 11) is 0. The molecular formula is C12H23N3O. The van der Waals surface area contributed by atoms with Crippen LogP contribution in [0.25, 0.3) is 0 Å². The average molecular weight is 225 g/mol. The first kappa shape index (κ1) is 13.2. The van der Waals surface area contributed by atoms with Gasteiger partial charge in [-0.3, -0.25) is 4.68 Å². The van der Waals surface area contributed by atoms with E-state index in [0.29, 0.717) is 6.54 Å². The standard InChI is InChI=1S/C12H23N3O/c1-11(2)12(3,16)10-13-6-4-8-15-9-5-7-14-15/h5,7,9,11,13,16H,4,6,8,10H2,1-3H3. The van der Waals surface area contributed by atoms with Gasteiger partial charge in [-0.25, -0.2) is 0 Å². The smallest absolute Gasteiger partial charge is 0.0766 e. The van der Waals surface area contributed by atoms with Crippen LogP contribution in [0, 0.1) is 5.92 Å². The lowest BCUT2D eigenvalue weighted by Crippen LogP contribution is -2.42. The minimum Gasteiger partial charge on any atom is -0.389 e. The second-order valence-electron chi connectivity index (χ2n) is 4.81. The number of aryl methyl sites for hydroxylation is 1. The Balaban J connectivity index is 2.08. The Bertz CT molecular complexity index is 280. The van der Waals surface area contributed by atoms with Crippen molar-refractivity contribution in [2.45, 2.75) is 39.3 Å². The van der Waals surface area contributed by atoms with Gasteiger partial charge in [0.1, 0.15) is 0 Å². The predicted octanol–water partition coefficient (Wildman–Crippen LogP) is 1.27. The van der Waals surface area contributed by atoms with Crippen molar-refractivity contribution in [2.24, 2.45) is 5.92 Å². The maximum absolute atomic E-state index is 9.99. The quantitative estimate of drug-likeness (QED) is 0.687. The monoisotopic (exact) mass is 225 g/mol. The SMILES string of the molecule is CC(C)C(C)(O)CNCCCn1cccn1. The third-order valence-electron chi connectivity index (χ3n) is 3.03. The van der Waals surface area contributed by atoms with Gasteiger partial charge in [0.05, 0.1) is 5.60 Å². The fraction of sp³-hybridized carbons (Fsp3) is 0.750. The first-order chi connectivity index (χ1) is 7.52. The van der Waals surface area contributed by atoms with Gasteiger partial charge in [0.25, 0.3) is 0 Å². The van der Waals surface area contributed by atoms with Gasteiger partial charge in [-0.15, -0.1) is 0 Å². The molecule has 4 nitrogen and oxygen atoms in total. The van der Waals surface area contributed by atoms with E-state index in [1.807, 2.05) is 37.7 Å². The fourth-order valence-corrected chi connectivity index (χ4v) is 1.34. The summed E-state index contributed by atoms with van der Waals surface area (Å²) in [5, 5.41) is 17.4. The van der Waals surface area contributed by atoms with Gasteiger partial charge in [-0.05, 0) is 31.9 Å². The van der Waals surface area contributed by atoms with Crippen LogP contribution in [0.2, 0.25) is 0 Å². The summed E-state index contributed by atoms with van der Waals surface area (Å²) in [6.07, 6.45) is 4.77. The highest BCUT2D eigenvalue weighted by atomic mass is 16.3. The molecule has 0 saturated carbocycles. The van der Waals surface area contributed by atoms with Gasteiger partial charge in [0, 0.05) is 25.5 Å². The molecule has 1 aromatic heterocycles.